The third-order valence-electron chi connectivity index (χ3n) is 2.42. The van der Waals surface area contributed by atoms with Crippen LogP contribution in [0.25, 0.3) is 0 Å². The Morgan fingerprint density at radius 2 is 1.95 bits per heavy atom. The summed E-state index contributed by atoms with van der Waals surface area (Å²) >= 11 is 6.48. The maximum atomic E-state index is 11.3. The summed E-state index contributed by atoms with van der Waals surface area (Å²) < 4.78 is 34.1. The Hall–Kier alpha value is -0.640. The van der Waals surface area contributed by atoms with E-state index in [-0.39, 0.29) is 11.5 Å². The Morgan fingerprint density at radius 3 is 2.43 bits per heavy atom. The van der Waals surface area contributed by atoms with Crippen LogP contribution in [0.2, 0.25) is 0 Å². The van der Waals surface area contributed by atoms with Crippen LogP contribution in [0.3, 0.4) is 0 Å². The predicted octanol–water partition coefficient (Wildman–Crippen LogP) is 3.66. The second-order valence-corrected chi connectivity index (χ2v) is 8.18. The highest BCUT2D eigenvalue weighted by atomic mass is 79.9. The summed E-state index contributed by atoms with van der Waals surface area (Å²) in [5, 5.41) is 3.75. The number of aryl methyl sites for hydroxylation is 1. The maximum absolute atomic E-state index is 11.3. The van der Waals surface area contributed by atoms with Crippen LogP contribution in [-0.4, -0.2) is 18.6 Å². The molecule has 0 fully saturated rings. The topological polar surface area (TPSA) is 82.3 Å². The van der Waals surface area contributed by atoms with Gasteiger partial charge in [-0.2, -0.15) is 4.98 Å². The van der Waals surface area contributed by atoms with E-state index in [0.29, 0.717) is 32.8 Å². The van der Waals surface area contributed by atoms with Crippen LogP contribution in [0.15, 0.2) is 30.5 Å². The molecule has 10 heteroatoms. The van der Waals surface area contributed by atoms with Gasteiger partial charge in [0.25, 0.3) is 14.9 Å². The molecule has 114 valence electrons. The van der Waals surface area contributed by atoms with Gasteiger partial charge in [0.2, 0.25) is 0 Å². The van der Waals surface area contributed by atoms with Crippen LogP contribution in [-0.2, 0) is 22.1 Å². The lowest BCUT2D eigenvalue weighted by molar-refractivity contribution is 0.240. The van der Waals surface area contributed by atoms with E-state index in [1.807, 2.05) is 6.92 Å². The average Bonchev–Trinajstić information content (AvgIpc) is 2.84. The SMILES string of the molecule is CCc1noc(COc2c(Br)cc(S(=O)(=O)Cl)cc2Br)n1. The molecule has 1 aromatic carbocycles. The van der Waals surface area contributed by atoms with Crippen molar-refractivity contribution in [3.8, 4) is 5.75 Å². The molecule has 2 rings (SSSR count). The number of ether oxygens (including phenoxy) is 1. The highest BCUT2D eigenvalue weighted by Gasteiger charge is 2.17. The third-order valence-corrected chi connectivity index (χ3v) is 4.93. The summed E-state index contributed by atoms with van der Waals surface area (Å²) in [6.07, 6.45) is 0.666. The first kappa shape index (κ1) is 16.7. The van der Waals surface area contributed by atoms with Crippen LogP contribution in [0.1, 0.15) is 18.6 Å². The summed E-state index contributed by atoms with van der Waals surface area (Å²) in [4.78, 5) is 4.07. The summed E-state index contributed by atoms with van der Waals surface area (Å²) in [7, 11) is 1.49. The van der Waals surface area contributed by atoms with Crippen LogP contribution >= 0.6 is 42.5 Å². The molecule has 0 saturated heterocycles. The van der Waals surface area contributed by atoms with Crippen LogP contribution in [0, 0.1) is 0 Å². The number of nitrogens with zero attached hydrogens (tertiary/aromatic N) is 2. The average molecular weight is 461 g/mol. The molecule has 0 aliphatic carbocycles. The van der Waals surface area contributed by atoms with Crippen molar-refractivity contribution < 1.29 is 17.7 Å². The van der Waals surface area contributed by atoms with E-state index < -0.39 is 9.05 Å². The van der Waals surface area contributed by atoms with Crippen molar-refractivity contribution in [1.29, 1.82) is 0 Å². The molecule has 1 aromatic heterocycles. The van der Waals surface area contributed by atoms with Gasteiger partial charge in [-0.3, -0.25) is 0 Å². The van der Waals surface area contributed by atoms with E-state index in [1.54, 1.807) is 0 Å². The highest BCUT2D eigenvalue weighted by molar-refractivity contribution is 9.11. The molecular formula is C11H9Br2ClN2O4S. The zero-order chi connectivity index (χ0) is 15.6. The number of aromatic nitrogens is 2. The summed E-state index contributed by atoms with van der Waals surface area (Å²) in [6, 6.07) is 2.71. The first-order chi connectivity index (χ1) is 9.81. The molecule has 0 unspecified atom stereocenters. The zero-order valence-electron chi connectivity index (χ0n) is 10.6. The summed E-state index contributed by atoms with van der Waals surface area (Å²) in [5.74, 6) is 1.34. The predicted molar refractivity (Wildman–Crippen MR) is 82.9 cm³/mol. The van der Waals surface area contributed by atoms with Crippen molar-refractivity contribution in [3.05, 3.63) is 32.8 Å². The lowest BCUT2D eigenvalue weighted by Crippen LogP contribution is -1.99. The molecule has 0 saturated carbocycles. The molecule has 0 spiro atoms. The molecule has 0 radical (unpaired) electrons. The molecule has 1 heterocycles. The van der Waals surface area contributed by atoms with E-state index in [2.05, 4.69) is 42.0 Å². The monoisotopic (exact) mass is 458 g/mol. The third kappa shape index (κ3) is 4.18. The second kappa shape index (κ2) is 6.64. The largest absolute Gasteiger partial charge is 0.481 e. The standard InChI is InChI=1S/C11H9Br2ClN2O4S/c1-2-9-15-10(20-16-9)5-19-11-7(12)3-6(4-8(11)13)21(14,17)18/h3-4H,2,5H2,1H3. The van der Waals surface area contributed by atoms with E-state index in [9.17, 15) is 8.42 Å². The molecular weight excluding hydrogens is 451 g/mol. The van der Waals surface area contributed by atoms with E-state index in [1.165, 1.54) is 12.1 Å². The molecule has 21 heavy (non-hydrogen) atoms. The van der Waals surface area contributed by atoms with Gasteiger partial charge in [0, 0.05) is 17.1 Å². The minimum Gasteiger partial charge on any atom is -0.481 e. The minimum atomic E-state index is -3.82. The van der Waals surface area contributed by atoms with Gasteiger partial charge in [-0.15, -0.1) is 0 Å². The van der Waals surface area contributed by atoms with Gasteiger partial charge in [-0.1, -0.05) is 12.1 Å². The van der Waals surface area contributed by atoms with Gasteiger partial charge in [0.05, 0.1) is 13.8 Å². The number of hydrogen-bond acceptors (Lipinski definition) is 6. The lowest BCUT2D eigenvalue weighted by atomic mass is 10.3. The number of hydrogen-bond donors (Lipinski definition) is 0. The lowest BCUT2D eigenvalue weighted by Gasteiger charge is -2.09. The van der Waals surface area contributed by atoms with Crippen molar-refractivity contribution in [3.63, 3.8) is 0 Å². The highest BCUT2D eigenvalue weighted by Crippen LogP contribution is 2.37. The van der Waals surface area contributed by atoms with Gasteiger partial charge in [0.15, 0.2) is 12.4 Å². The van der Waals surface area contributed by atoms with Gasteiger partial charge >= 0.3 is 0 Å². The van der Waals surface area contributed by atoms with Gasteiger partial charge in [0.1, 0.15) is 5.75 Å². The van der Waals surface area contributed by atoms with E-state index in [4.69, 9.17) is 19.9 Å². The van der Waals surface area contributed by atoms with Gasteiger partial charge < -0.3 is 9.26 Å². The maximum Gasteiger partial charge on any atom is 0.264 e. The zero-order valence-corrected chi connectivity index (χ0v) is 15.4. The Kier molecular flexibility index (Phi) is 5.29. The van der Waals surface area contributed by atoms with E-state index in [0.717, 1.165) is 0 Å². The quantitative estimate of drug-likeness (QED) is 0.634. The van der Waals surface area contributed by atoms with Crippen molar-refractivity contribution in [2.24, 2.45) is 0 Å². The fraction of sp³-hybridized carbons (Fsp3) is 0.273. The first-order valence-corrected chi connectivity index (χ1v) is 9.58. The van der Waals surface area contributed by atoms with Crippen molar-refractivity contribution in [2.75, 3.05) is 0 Å². The fourth-order valence-corrected chi connectivity index (χ4v) is 3.94. The second-order valence-electron chi connectivity index (χ2n) is 3.90. The number of halogens is 3. The Balaban J connectivity index is 2.21. The minimum absolute atomic E-state index is 0.0404. The molecule has 0 amide bonds. The first-order valence-electron chi connectivity index (χ1n) is 5.69. The number of benzene rings is 1. The Bertz CT molecular complexity index is 740. The van der Waals surface area contributed by atoms with Crippen molar-refractivity contribution >= 4 is 51.6 Å². The molecule has 0 N–H and O–H groups in total. The smallest absolute Gasteiger partial charge is 0.264 e. The van der Waals surface area contributed by atoms with Crippen molar-refractivity contribution in [2.45, 2.75) is 24.8 Å². The van der Waals surface area contributed by atoms with Gasteiger partial charge in [-0.05, 0) is 44.0 Å². The summed E-state index contributed by atoms with van der Waals surface area (Å²) in [6.45, 7) is 1.98. The van der Waals surface area contributed by atoms with Crippen LogP contribution in [0.5, 0.6) is 5.75 Å². The normalized spacial score (nSPS) is 11.6. The van der Waals surface area contributed by atoms with E-state index >= 15 is 0 Å². The molecule has 2 aromatic rings. The number of rotatable bonds is 5. The molecule has 0 atom stereocenters. The van der Waals surface area contributed by atoms with Crippen LogP contribution in [0.4, 0.5) is 0 Å². The van der Waals surface area contributed by atoms with Gasteiger partial charge in [-0.25, -0.2) is 8.42 Å². The fourth-order valence-electron chi connectivity index (χ4n) is 1.44. The Labute approximate surface area is 142 Å². The van der Waals surface area contributed by atoms with Crippen molar-refractivity contribution in [1.82, 2.24) is 10.1 Å². The molecule has 6 nitrogen and oxygen atoms in total. The Morgan fingerprint density at radius 1 is 1.33 bits per heavy atom. The molecule has 0 bridgehead atoms. The summed E-state index contributed by atoms with van der Waals surface area (Å²) in [5.41, 5.74) is 0. The molecule has 0 aliphatic heterocycles. The van der Waals surface area contributed by atoms with Crippen LogP contribution < -0.4 is 4.74 Å². The molecule has 0 aliphatic rings.